The zero-order chi connectivity index (χ0) is 12.1. The lowest BCUT2D eigenvalue weighted by molar-refractivity contribution is 0.232. The van der Waals surface area contributed by atoms with Gasteiger partial charge < -0.3 is 10.1 Å². The molecule has 0 saturated heterocycles. The Balaban J connectivity index is 1.78. The van der Waals surface area contributed by atoms with E-state index in [1.54, 1.807) is 12.3 Å². The molecular weight excluding hydrogens is 214 g/mol. The van der Waals surface area contributed by atoms with Crippen molar-refractivity contribution >= 4 is 5.95 Å². The van der Waals surface area contributed by atoms with Crippen molar-refractivity contribution in [3.63, 3.8) is 0 Å². The van der Waals surface area contributed by atoms with Gasteiger partial charge in [-0.05, 0) is 26.2 Å². The zero-order valence-electron chi connectivity index (χ0n) is 10.6. The molecule has 0 bridgehead atoms. The van der Waals surface area contributed by atoms with Gasteiger partial charge >= 0.3 is 0 Å². The second-order valence-electron chi connectivity index (χ2n) is 4.90. The van der Waals surface area contributed by atoms with Crippen LogP contribution in [0.5, 0.6) is 5.88 Å². The molecule has 4 heteroatoms. The molecular formula is C13H21N3O. The van der Waals surface area contributed by atoms with E-state index in [0.29, 0.717) is 11.8 Å². The Labute approximate surface area is 103 Å². The van der Waals surface area contributed by atoms with E-state index >= 15 is 0 Å². The number of ether oxygens (including phenoxy) is 1. The molecule has 1 aliphatic carbocycles. The molecule has 1 saturated carbocycles. The summed E-state index contributed by atoms with van der Waals surface area (Å²) in [6, 6.07) is 1.79. The van der Waals surface area contributed by atoms with Crippen LogP contribution < -0.4 is 10.1 Å². The third kappa shape index (κ3) is 3.88. The minimum atomic E-state index is 0.146. The average molecular weight is 235 g/mol. The monoisotopic (exact) mass is 235 g/mol. The molecule has 1 heterocycles. The molecule has 0 aliphatic heterocycles. The molecule has 1 aromatic heterocycles. The lowest BCUT2D eigenvalue weighted by Crippen LogP contribution is -2.16. The maximum absolute atomic E-state index is 5.52. The smallest absolute Gasteiger partial charge is 0.225 e. The summed E-state index contributed by atoms with van der Waals surface area (Å²) in [5, 5.41) is 3.26. The molecule has 17 heavy (non-hydrogen) atoms. The van der Waals surface area contributed by atoms with Gasteiger partial charge in [-0.1, -0.05) is 19.3 Å². The van der Waals surface area contributed by atoms with E-state index in [1.807, 2.05) is 13.8 Å². The molecule has 94 valence electrons. The molecule has 0 spiro atoms. The number of hydrogen-bond acceptors (Lipinski definition) is 4. The maximum atomic E-state index is 5.52. The van der Waals surface area contributed by atoms with E-state index in [4.69, 9.17) is 4.74 Å². The van der Waals surface area contributed by atoms with Crippen molar-refractivity contribution in [3.8, 4) is 5.88 Å². The summed E-state index contributed by atoms with van der Waals surface area (Å²) >= 11 is 0. The molecule has 0 aromatic carbocycles. The predicted octanol–water partition coefficient (Wildman–Crippen LogP) is 2.87. The second-order valence-corrected chi connectivity index (χ2v) is 4.90. The van der Waals surface area contributed by atoms with Gasteiger partial charge in [-0.15, -0.1) is 0 Å². The van der Waals surface area contributed by atoms with Crippen molar-refractivity contribution in [1.29, 1.82) is 0 Å². The quantitative estimate of drug-likeness (QED) is 0.823. The van der Waals surface area contributed by atoms with E-state index in [2.05, 4.69) is 15.3 Å². The van der Waals surface area contributed by atoms with Gasteiger partial charge in [0.25, 0.3) is 0 Å². The fourth-order valence-electron chi connectivity index (χ4n) is 1.90. The molecule has 1 fully saturated rings. The highest BCUT2D eigenvalue weighted by molar-refractivity contribution is 5.27. The van der Waals surface area contributed by atoms with Crippen LogP contribution in [0.25, 0.3) is 0 Å². The van der Waals surface area contributed by atoms with Crippen molar-refractivity contribution in [2.24, 2.45) is 5.92 Å². The van der Waals surface area contributed by atoms with Crippen molar-refractivity contribution in [2.45, 2.75) is 45.6 Å². The van der Waals surface area contributed by atoms with E-state index in [1.165, 1.54) is 25.7 Å². The SMILES string of the molecule is CC(C)Oc1ccnc(NCCC2CCC2)n1. The fraction of sp³-hybridized carbons (Fsp3) is 0.692. The van der Waals surface area contributed by atoms with Crippen LogP contribution in [-0.4, -0.2) is 22.6 Å². The molecule has 4 nitrogen and oxygen atoms in total. The Bertz CT molecular complexity index is 350. The van der Waals surface area contributed by atoms with Gasteiger partial charge in [-0.3, -0.25) is 0 Å². The maximum Gasteiger partial charge on any atom is 0.225 e. The molecule has 2 rings (SSSR count). The molecule has 0 unspecified atom stereocenters. The Morgan fingerprint density at radius 1 is 1.47 bits per heavy atom. The summed E-state index contributed by atoms with van der Waals surface area (Å²) in [7, 11) is 0. The standard InChI is InChI=1S/C13H21N3O/c1-10(2)17-12-7-9-15-13(16-12)14-8-6-11-4-3-5-11/h7,9-11H,3-6,8H2,1-2H3,(H,14,15,16). The largest absolute Gasteiger partial charge is 0.475 e. The number of nitrogens with one attached hydrogen (secondary N) is 1. The zero-order valence-corrected chi connectivity index (χ0v) is 10.6. The van der Waals surface area contributed by atoms with Crippen LogP contribution in [0.2, 0.25) is 0 Å². The average Bonchev–Trinajstić information content (AvgIpc) is 2.21. The predicted molar refractivity (Wildman–Crippen MR) is 68.2 cm³/mol. The number of hydrogen-bond donors (Lipinski definition) is 1. The molecule has 0 amide bonds. The summed E-state index contributed by atoms with van der Waals surface area (Å²) in [6.45, 7) is 4.94. The van der Waals surface area contributed by atoms with E-state index in [0.717, 1.165) is 12.5 Å². The van der Waals surface area contributed by atoms with Gasteiger partial charge in [0.05, 0.1) is 6.10 Å². The van der Waals surface area contributed by atoms with E-state index in [9.17, 15) is 0 Å². The highest BCUT2D eigenvalue weighted by Gasteiger charge is 2.16. The Morgan fingerprint density at radius 2 is 2.29 bits per heavy atom. The van der Waals surface area contributed by atoms with Gasteiger partial charge in [0.2, 0.25) is 11.8 Å². The van der Waals surface area contributed by atoms with Crippen LogP contribution in [0.15, 0.2) is 12.3 Å². The van der Waals surface area contributed by atoms with Crippen LogP contribution >= 0.6 is 0 Å². The van der Waals surface area contributed by atoms with Crippen LogP contribution in [0.1, 0.15) is 39.5 Å². The summed E-state index contributed by atoms with van der Waals surface area (Å²) in [5.41, 5.74) is 0. The third-order valence-electron chi connectivity index (χ3n) is 3.05. The highest BCUT2D eigenvalue weighted by atomic mass is 16.5. The van der Waals surface area contributed by atoms with Crippen LogP contribution in [0.3, 0.4) is 0 Å². The molecule has 1 N–H and O–H groups in total. The van der Waals surface area contributed by atoms with Crippen molar-refractivity contribution < 1.29 is 4.74 Å². The first-order chi connectivity index (χ1) is 8.24. The van der Waals surface area contributed by atoms with Crippen LogP contribution in [0.4, 0.5) is 5.95 Å². The van der Waals surface area contributed by atoms with Gasteiger partial charge in [0.1, 0.15) is 0 Å². The first kappa shape index (κ1) is 12.1. The Kier molecular flexibility index (Phi) is 4.18. The lowest BCUT2D eigenvalue weighted by Gasteiger charge is -2.25. The summed E-state index contributed by atoms with van der Waals surface area (Å²) in [5.74, 6) is 2.22. The molecule has 0 atom stereocenters. The Hall–Kier alpha value is -1.32. The highest BCUT2D eigenvalue weighted by Crippen LogP contribution is 2.29. The van der Waals surface area contributed by atoms with Gasteiger partial charge in [-0.2, -0.15) is 4.98 Å². The van der Waals surface area contributed by atoms with Crippen molar-refractivity contribution in [3.05, 3.63) is 12.3 Å². The minimum Gasteiger partial charge on any atom is -0.475 e. The normalized spacial score (nSPS) is 15.7. The van der Waals surface area contributed by atoms with E-state index < -0.39 is 0 Å². The van der Waals surface area contributed by atoms with Crippen molar-refractivity contribution in [1.82, 2.24) is 9.97 Å². The summed E-state index contributed by atoms with van der Waals surface area (Å²) in [4.78, 5) is 8.49. The number of rotatable bonds is 6. The van der Waals surface area contributed by atoms with E-state index in [-0.39, 0.29) is 6.10 Å². The summed E-state index contributed by atoms with van der Waals surface area (Å²) in [6.07, 6.45) is 7.28. The van der Waals surface area contributed by atoms with Gasteiger partial charge in [0.15, 0.2) is 0 Å². The third-order valence-corrected chi connectivity index (χ3v) is 3.05. The van der Waals surface area contributed by atoms with Crippen molar-refractivity contribution in [2.75, 3.05) is 11.9 Å². The molecule has 0 radical (unpaired) electrons. The van der Waals surface area contributed by atoms with Crippen LogP contribution in [0, 0.1) is 5.92 Å². The van der Waals surface area contributed by atoms with Gasteiger partial charge in [-0.25, -0.2) is 4.98 Å². The number of anilines is 1. The first-order valence-electron chi connectivity index (χ1n) is 6.47. The number of aromatic nitrogens is 2. The Morgan fingerprint density at radius 3 is 2.94 bits per heavy atom. The lowest BCUT2D eigenvalue weighted by atomic mass is 9.83. The van der Waals surface area contributed by atoms with Gasteiger partial charge in [0, 0.05) is 18.8 Å². The second kappa shape index (κ2) is 5.84. The molecule has 1 aliphatic rings. The minimum absolute atomic E-state index is 0.146. The fourth-order valence-corrected chi connectivity index (χ4v) is 1.90. The summed E-state index contributed by atoms with van der Waals surface area (Å²) < 4.78 is 5.52. The number of nitrogens with zero attached hydrogens (tertiary/aromatic N) is 2. The topological polar surface area (TPSA) is 47.0 Å². The first-order valence-corrected chi connectivity index (χ1v) is 6.47. The molecule has 1 aromatic rings. The van der Waals surface area contributed by atoms with Crippen LogP contribution in [-0.2, 0) is 0 Å².